The fraction of sp³-hybridized carbons (Fsp3) is 0.368. The minimum Gasteiger partial charge on any atom is -0.325 e. The summed E-state index contributed by atoms with van der Waals surface area (Å²) in [5.74, 6) is -0.0686. The number of amides is 1. The second-order valence-corrected chi connectivity index (χ2v) is 7.46. The Kier molecular flexibility index (Phi) is 6.74. The zero-order valence-corrected chi connectivity index (χ0v) is 16.1. The van der Waals surface area contributed by atoms with E-state index in [1.54, 1.807) is 24.3 Å². The van der Waals surface area contributed by atoms with E-state index in [0.717, 1.165) is 0 Å². The van der Waals surface area contributed by atoms with Crippen molar-refractivity contribution in [2.75, 3.05) is 5.32 Å². The van der Waals surface area contributed by atoms with Gasteiger partial charge < -0.3 is 10.3 Å². The Morgan fingerprint density at radius 1 is 1.23 bits per heavy atom. The van der Waals surface area contributed by atoms with Crippen LogP contribution in [0.25, 0.3) is 0 Å². The van der Waals surface area contributed by atoms with Crippen LogP contribution in [0.2, 0.25) is 0 Å². The molecule has 0 aliphatic rings. The largest absolute Gasteiger partial charge is 0.325 e. The first kappa shape index (κ1) is 19.9. The predicted molar refractivity (Wildman–Crippen MR) is 104 cm³/mol. The molecule has 1 aromatic carbocycles. The van der Waals surface area contributed by atoms with Crippen LogP contribution in [0.5, 0.6) is 0 Å². The van der Waals surface area contributed by atoms with Gasteiger partial charge in [-0.1, -0.05) is 32.5 Å². The third kappa shape index (κ3) is 5.29. The Morgan fingerprint density at radius 3 is 2.42 bits per heavy atom. The fourth-order valence-electron chi connectivity index (χ4n) is 2.27. The van der Waals surface area contributed by atoms with Crippen molar-refractivity contribution >= 4 is 29.1 Å². The molecule has 26 heavy (non-hydrogen) atoms. The Hall–Kier alpha value is -2.41. The number of aromatic nitrogens is 2. The van der Waals surface area contributed by atoms with E-state index < -0.39 is 5.25 Å². The zero-order valence-electron chi connectivity index (χ0n) is 15.3. The number of hydrogen-bond donors (Lipinski definition) is 2. The highest BCUT2D eigenvalue weighted by atomic mass is 32.2. The lowest BCUT2D eigenvalue weighted by molar-refractivity contribution is -0.115. The summed E-state index contributed by atoms with van der Waals surface area (Å²) in [5.41, 5.74) is 1.70. The number of benzene rings is 1. The van der Waals surface area contributed by atoms with Crippen molar-refractivity contribution in [2.24, 2.45) is 0 Å². The molecule has 2 N–H and O–H groups in total. The van der Waals surface area contributed by atoms with Gasteiger partial charge in [0.2, 0.25) is 5.91 Å². The number of nitrogens with zero attached hydrogens (tertiary/aromatic N) is 1. The van der Waals surface area contributed by atoms with Crippen molar-refractivity contribution in [1.82, 2.24) is 9.97 Å². The smallest absolute Gasteiger partial charge is 0.251 e. The van der Waals surface area contributed by atoms with Gasteiger partial charge >= 0.3 is 0 Å². The summed E-state index contributed by atoms with van der Waals surface area (Å²) >= 11 is 1.24. The highest BCUT2D eigenvalue weighted by Crippen LogP contribution is 2.24. The molecule has 0 saturated heterocycles. The van der Waals surface area contributed by atoms with Gasteiger partial charge in [0.1, 0.15) is 0 Å². The lowest BCUT2D eigenvalue weighted by atomic mass is 10.1. The van der Waals surface area contributed by atoms with Gasteiger partial charge in [0, 0.05) is 17.3 Å². The number of H-pyrrole nitrogens is 1. The van der Waals surface area contributed by atoms with E-state index in [1.807, 2.05) is 20.8 Å². The summed E-state index contributed by atoms with van der Waals surface area (Å²) in [6, 6.07) is 8.23. The van der Waals surface area contributed by atoms with Crippen LogP contribution in [0.4, 0.5) is 5.69 Å². The second-order valence-electron chi connectivity index (χ2n) is 6.27. The van der Waals surface area contributed by atoms with Gasteiger partial charge in [0.15, 0.2) is 10.9 Å². The van der Waals surface area contributed by atoms with Crippen LogP contribution < -0.4 is 10.9 Å². The normalized spacial score (nSPS) is 12.0. The number of rotatable bonds is 7. The Labute approximate surface area is 156 Å². The molecule has 2 rings (SSSR count). The SMILES string of the molecule is CCC(Sc1nc(C(C)C)cc(=O)[nH]1)C(=O)Nc1ccc(C(C)=O)cc1. The summed E-state index contributed by atoms with van der Waals surface area (Å²) in [7, 11) is 0. The first-order chi connectivity index (χ1) is 12.3. The molecule has 0 spiro atoms. The molecule has 7 heteroatoms. The molecule has 0 bridgehead atoms. The molecule has 0 aliphatic heterocycles. The van der Waals surface area contributed by atoms with Crippen molar-refractivity contribution in [3.8, 4) is 0 Å². The van der Waals surface area contributed by atoms with E-state index in [4.69, 9.17) is 0 Å². The van der Waals surface area contributed by atoms with E-state index in [9.17, 15) is 14.4 Å². The summed E-state index contributed by atoms with van der Waals surface area (Å²) in [6.45, 7) is 7.33. The highest BCUT2D eigenvalue weighted by molar-refractivity contribution is 8.00. The van der Waals surface area contributed by atoms with Crippen LogP contribution in [0, 0.1) is 0 Å². The molecule has 1 unspecified atom stereocenters. The first-order valence-corrected chi connectivity index (χ1v) is 9.38. The summed E-state index contributed by atoms with van der Waals surface area (Å²) in [5, 5.41) is 2.89. The van der Waals surface area contributed by atoms with Crippen molar-refractivity contribution < 1.29 is 9.59 Å². The van der Waals surface area contributed by atoms with Crippen LogP contribution in [-0.4, -0.2) is 26.9 Å². The van der Waals surface area contributed by atoms with Gasteiger partial charge in [0.25, 0.3) is 5.56 Å². The van der Waals surface area contributed by atoms with Crippen molar-refractivity contribution in [2.45, 2.75) is 50.4 Å². The minimum atomic E-state index is -0.395. The van der Waals surface area contributed by atoms with E-state index in [0.29, 0.717) is 28.5 Å². The third-order valence-corrected chi connectivity index (χ3v) is 5.06. The van der Waals surface area contributed by atoms with Gasteiger partial charge in [-0.25, -0.2) is 4.98 Å². The molecule has 0 radical (unpaired) electrons. The number of ketones is 1. The second kappa shape index (κ2) is 8.80. The van der Waals surface area contributed by atoms with E-state index in [-0.39, 0.29) is 23.2 Å². The number of thioether (sulfide) groups is 1. The Balaban J connectivity index is 2.11. The molecular weight excluding hydrogens is 350 g/mol. The van der Waals surface area contributed by atoms with Crippen LogP contribution >= 0.6 is 11.8 Å². The van der Waals surface area contributed by atoms with Crippen molar-refractivity contribution in [1.29, 1.82) is 0 Å². The molecule has 0 aliphatic carbocycles. The van der Waals surface area contributed by atoms with Gasteiger partial charge in [-0.05, 0) is 43.5 Å². The average Bonchev–Trinajstić information content (AvgIpc) is 2.59. The summed E-state index contributed by atoms with van der Waals surface area (Å²) in [4.78, 5) is 42.8. The molecule has 1 amide bonds. The maximum absolute atomic E-state index is 12.6. The van der Waals surface area contributed by atoms with Gasteiger partial charge in [0.05, 0.1) is 10.9 Å². The number of carbonyl (C=O) groups excluding carboxylic acids is 2. The topological polar surface area (TPSA) is 91.9 Å². The van der Waals surface area contributed by atoms with Crippen LogP contribution in [0.15, 0.2) is 40.3 Å². The standard InChI is InChI=1S/C19H23N3O3S/c1-5-16(26-19-21-15(11(2)3)10-17(24)22-19)18(25)20-14-8-6-13(7-9-14)12(4)23/h6-11,16H,5H2,1-4H3,(H,20,25)(H,21,22,24). The fourth-order valence-corrected chi connectivity index (χ4v) is 3.19. The molecule has 1 heterocycles. The van der Waals surface area contributed by atoms with Crippen LogP contribution in [-0.2, 0) is 4.79 Å². The lowest BCUT2D eigenvalue weighted by Crippen LogP contribution is -2.25. The molecule has 0 saturated carbocycles. The highest BCUT2D eigenvalue weighted by Gasteiger charge is 2.20. The maximum Gasteiger partial charge on any atom is 0.251 e. The molecule has 1 atom stereocenters. The summed E-state index contributed by atoms with van der Waals surface area (Å²) < 4.78 is 0. The Bertz CT molecular complexity index is 844. The van der Waals surface area contributed by atoms with E-state index in [2.05, 4.69) is 15.3 Å². The Morgan fingerprint density at radius 2 is 1.88 bits per heavy atom. The van der Waals surface area contributed by atoms with Gasteiger partial charge in [-0.15, -0.1) is 0 Å². The lowest BCUT2D eigenvalue weighted by Gasteiger charge is -2.15. The molecule has 138 valence electrons. The van der Waals surface area contributed by atoms with Gasteiger partial charge in [-0.3, -0.25) is 14.4 Å². The predicted octanol–water partition coefficient (Wildman–Crippen LogP) is 3.61. The van der Waals surface area contributed by atoms with Crippen molar-refractivity contribution in [3.05, 3.63) is 51.9 Å². The summed E-state index contributed by atoms with van der Waals surface area (Å²) in [6.07, 6.45) is 0.581. The molecular formula is C19H23N3O3S. The monoisotopic (exact) mass is 373 g/mol. The maximum atomic E-state index is 12.6. The number of anilines is 1. The number of nitrogens with one attached hydrogen (secondary N) is 2. The number of Topliss-reactive ketones (excluding diaryl/α,β-unsaturated/α-hetero) is 1. The number of aromatic amines is 1. The quantitative estimate of drug-likeness (QED) is 0.439. The molecule has 1 aromatic heterocycles. The van der Waals surface area contributed by atoms with Crippen LogP contribution in [0.1, 0.15) is 56.1 Å². The molecule has 6 nitrogen and oxygen atoms in total. The van der Waals surface area contributed by atoms with E-state index >= 15 is 0 Å². The average molecular weight is 373 g/mol. The minimum absolute atomic E-state index is 0.0232. The molecule has 0 fully saturated rings. The van der Waals surface area contributed by atoms with Gasteiger partial charge in [-0.2, -0.15) is 0 Å². The number of hydrogen-bond acceptors (Lipinski definition) is 5. The molecule has 2 aromatic rings. The van der Waals surface area contributed by atoms with E-state index in [1.165, 1.54) is 24.8 Å². The van der Waals surface area contributed by atoms with Crippen LogP contribution in [0.3, 0.4) is 0 Å². The third-order valence-electron chi connectivity index (χ3n) is 3.81. The first-order valence-electron chi connectivity index (χ1n) is 8.50. The zero-order chi connectivity index (χ0) is 19.3. The number of carbonyl (C=O) groups is 2. The van der Waals surface area contributed by atoms with Crippen molar-refractivity contribution in [3.63, 3.8) is 0 Å².